The van der Waals surface area contributed by atoms with E-state index in [1.165, 1.54) is 19.2 Å². The maximum atomic E-state index is 12.8. The molecule has 0 aliphatic heterocycles. The third-order valence-corrected chi connectivity index (χ3v) is 4.39. The second-order valence-corrected chi connectivity index (χ2v) is 6.95. The molecule has 146 valence electrons. The number of hydrogen-bond acceptors (Lipinski definition) is 3. The van der Waals surface area contributed by atoms with Crippen molar-refractivity contribution in [3.8, 4) is 11.1 Å². The highest BCUT2D eigenvalue weighted by Gasteiger charge is 2.30. The summed E-state index contributed by atoms with van der Waals surface area (Å²) in [7, 11) is 1.35. The summed E-state index contributed by atoms with van der Waals surface area (Å²) in [4.78, 5) is 12.3. The van der Waals surface area contributed by atoms with Gasteiger partial charge < -0.3 is 10.5 Å². The number of hydrogen-bond donors (Lipinski definition) is 1. The van der Waals surface area contributed by atoms with Crippen LogP contribution in [0.5, 0.6) is 0 Å². The Bertz CT molecular complexity index is 783. The maximum Gasteiger partial charge on any atom is 0.416 e. The van der Waals surface area contributed by atoms with E-state index in [1.807, 2.05) is 32.0 Å². The second kappa shape index (κ2) is 8.57. The first-order chi connectivity index (χ1) is 12.7. The monoisotopic (exact) mass is 379 g/mol. The van der Waals surface area contributed by atoms with Crippen LogP contribution in [0.1, 0.15) is 42.9 Å². The summed E-state index contributed by atoms with van der Waals surface area (Å²) in [6, 6.07) is 10.5. The van der Waals surface area contributed by atoms with E-state index >= 15 is 0 Å². The van der Waals surface area contributed by atoms with E-state index in [0.717, 1.165) is 28.8 Å². The molecule has 0 aliphatic rings. The molecule has 0 bridgehead atoms. The van der Waals surface area contributed by atoms with Crippen LogP contribution in [0.2, 0.25) is 0 Å². The number of nitrogens with two attached hydrogens (primary N) is 1. The van der Waals surface area contributed by atoms with Gasteiger partial charge in [0.1, 0.15) is 0 Å². The normalized spacial score (nSPS) is 12.9. The lowest BCUT2D eigenvalue weighted by atomic mass is 9.87. The largest absolute Gasteiger partial charge is 0.469 e. The molecule has 27 heavy (non-hydrogen) atoms. The fourth-order valence-electron chi connectivity index (χ4n) is 3.04. The summed E-state index contributed by atoms with van der Waals surface area (Å²) < 4.78 is 43.3. The molecule has 3 nitrogen and oxygen atoms in total. The Labute approximate surface area is 157 Å². The fraction of sp³-hybridized carbons (Fsp3) is 0.381. The molecule has 0 unspecified atom stereocenters. The van der Waals surface area contributed by atoms with Crippen molar-refractivity contribution in [1.29, 1.82) is 0 Å². The van der Waals surface area contributed by atoms with E-state index in [1.54, 1.807) is 0 Å². The topological polar surface area (TPSA) is 52.3 Å². The standard InChI is InChI=1S/C21H24F3NO2/c1-13(2)8-19(20(26)27-3)17-10-14(12-25)9-16(11-17)15-4-6-18(7-5-15)21(22,23)24/h4-7,9-11,13,19H,8,12,25H2,1-3H3/t19-/m1/s1. The minimum absolute atomic E-state index is 0.261. The van der Waals surface area contributed by atoms with Crippen molar-refractivity contribution in [1.82, 2.24) is 0 Å². The van der Waals surface area contributed by atoms with E-state index in [-0.39, 0.29) is 18.4 Å². The van der Waals surface area contributed by atoms with Gasteiger partial charge in [-0.15, -0.1) is 0 Å². The van der Waals surface area contributed by atoms with Gasteiger partial charge in [0.15, 0.2) is 0 Å². The van der Waals surface area contributed by atoms with Gasteiger partial charge in [-0.25, -0.2) is 0 Å². The zero-order chi connectivity index (χ0) is 20.2. The number of benzene rings is 2. The van der Waals surface area contributed by atoms with Crippen LogP contribution >= 0.6 is 0 Å². The molecule has 0 aliphatic carbocycles. The number of esters is 1. The maximum absolute atomic E-state index is 12.8. The lowest BCUT2D eigenvalue weighted by Gasteiger charge is -2.19. The highest BCUT2D eigenvalue weighted by atomic mass is 19.4. The van der Waals surface area contributed by atoms with Crippen LogP contribution in [0, 0.1) is 5.92 Å². The van der Waals surface area contributed by atoms with E-state index in [0.29, 0.717) is 12.0 Å². The van der Waals surface area contributed by atoms with Gasteiger partial charge in [-0.1, -0.05) is 38.1 Å². The number of ether oxygens (including phenoxy) is 1. The summed E-state index contributed by atoms with van der Waals surface area (Å²) in [6.45, 7) is 4.29. The predicted octanol–water partition coefficient (Wildman–Crippen LogP) is 5.13. The zero-order valence-electron chi connectivity index (χ0n) is 15.6. The molecule has 0 radical (unpaired) electrons. The highest BCUT2D eigenvalue weighted by Crippen LogP contribution is 2.33. The van der Waals surface area contributed by atoms with Crippen LogP contribution < -0.4 is 5.73 Å². The summed E-state index contributed by atoms with van der Waals surface area (Å²) in [5.41, 5.74) is 8.01. The molecular formula is C21H24F3NO2. The first kappa shape index (κ1) is 21.0. The molecule has 0 heterocycles. The average molecular weight is 379 g/mol. The van der Waals surface area contributed by atoms with Crippen LogP contribution in [-0.2, 0) is 22.3 Å². The van der Waals surface area contributed by atoms with Gasteiger partial charge in [0.25, 0.3) is 0 Å². The van der Waals surface area contributed by atoms with E-state index in [2.05, 4.69) is 0 Å². The van der Waals surface area contributed by atoms with E-state index in [4.69, 9.17) is 10.5 Å². The van der Waals surface area contributed by atoms with Crippen LogP contribution in [0.25, 0.3) is 11.1 Å². The minimum Gasteiger partial charge on any atom is -0.469 e. The number of alkyl halides is 3. The Kier molecular flexibility index (Phi) is 6.65. The number of halogens is 3. The Hall–Kier alpha value is -2.34. The number of rotatable bonds is 6. The molecular weight excluding hydrogens is 355 g/mol. The summed E-state index contributed by atoms with van der Waals surface area (Å²) in [5, 5.41) is 0. The molecule has 2 aromatic carbocycles. The lowest BCUT2D eigenvalue weighted by molar-refractivity contribution is -0.143. The Morgan fingerprint density at radius 3 is 2.19 bits per heavy atom. The van der Waals surface area contributed by atoms with Crippen molar-refractivity contribution in [2.24, 2.45) is 11.7 Å². The van der Waals surface area contributed by atoms with Gasteiger partial charge in [0.05, 0.1) is 18.6 Å². The van der Waals surface area contributed by atoms with Crippen molar-refractivity contribution in [3.05, 3.63) is 59.2 Å². The lowest BCUT2D eigenvalue weighted by Crippen LogP contribution is -2.17. The van der Waals surface area contributed by atoms with Crippen LogP contribution in [0.15, 0.2) is 42.5 Å². The average Bonchev–Trinajstić information content (AvgIpc) is 2.64. The predicted molar refractivity (Wildman–Crippen MR) is 99.0 cm³/mol. The van der Waals surface area contributed by atoms with Gasteiger partial charge >= 0.3 is 12.1 Å². The molecule has 0 spiro atoms. The zero-order valence-corrected chi connectivity index (χ0v) is 15.6. The Balaban J connectivity index is 2.49. The van der Waals surface area contributed by atoms with Gasteiger partial charge in [0.2, 0.25) is 0 Å². The minimum atomic E-state index is -4.38. The molecule has 0 aromatic heterocycles. The molecule has 2 rings (SSSR count). The second-order valence-electron chi connectivity index (χ2n) is 6.95. The first-order valence-corrected chi connectivity index (χ1v) is 8.75. The van der Waals surface area contributed by atoms with Crippen LogP contribution in [0.4, 0.5) is 13.2 Å². The molecule has 0 saturated heterocycles. The van der Waals surface area contributed by atoms with E-state index < -0.39 is 17.7 Å². The smallest absolute Gasteiger partial charge is 0.416 e. The molecule has 1 atom stereocenters. The Morgan fingerprint density at radius 2 is 1.70 bits per heavy atom. The third kappa shape index (κ3) is 5.32. The number of carbonyl (C=O) groups excluding carboxylic acids is 1. The van der Waals surface area contributed by atoms with Crippen molar-refractivity contribution >= 4 is 5.97 Å². The fourth-order valence-corrected chi connectivity index (χ4v) is 3.04. The summed E-state index contributed by atoms with van der Waals surface area (Å²) in [5.74, 6) is -0.518. The SMILES string of the molecule is COC(=O)[C@H](CC(C)C)c1cc(CN)cc(-c2ccc(C(F)(F)F)cc2)c1. The van der Waals surface area contributed by atoms with Crippen molar-refractivity contribution in [2.75, 3.05) is 7.11 Å². The van der Waals surface area contributed by atoms with E-state index in [9.17, 15) is 18.0 Å². The first-order valence-electron chi connectivity index (χ1n) is 8.75. The van der Waals surface area contributed by atoms with Crippen LogP contribution in [-0.4, -0.2) is 13.1 Å². The molecule has 0 amide bonds. The highest BCUT2D eigenvalue weighted by molar-refractivity contribution is 5.79. The van der Waals surface area contributed by atoms with Crippen LogP contribution in [0.3, 0.4) is 0 Å². The third-order valence-electron chi connectivity index (χ3n) is 4.39. The number of carbonyl (C=O) groups is 1. The number of methoxy groups -OCH3 is 1. The molecule has 0 saturated carbocycles. The van der Waals surface area contributed by atoms with Gasteiger partial charge in [0, 0.05) is 6.54 Å². The van der Waals surface area contributed by atoms with Gasteiger partial charge in [-0.05, 0) is 52.8 Å². The summed E-state index contributed by atoms with van der Waals surface area (Å²) in [6.07, 6.45) is -3.77. The van der Waals surface area contributed by atoms with Crippen molar-refractivity contribution in [2.45, 2.75) is 38.9 Å². The van der Waals surface area contributed by atoms with Gasteiger partial charge in [-0.3, -0.25) is 4.79 Å². The molecule has 2 aromatic rings. The van der Waals surface area contributed by atoms with Crippen molar-refractivity contribution < 1.29 is 22.7 Å². The van der Waals surface area contributed by atoms with Gasteiger partial charge in [-0.2, -0.15) is 13.2 Å². The summed E-state index contributed by atoms with van der Waals surface area (Å²) >= 11 is 0. The van der Waals surface area contributed by atoms with Crippen molar-refractivity contribution in [3.63, 3.8) is 0 Å². The molecule has 0 fully saturated rings. The quantitative estimate of drug-likeness (QED) is 0.708. The Morgan fingerprint density at radius 1 is 1.07 bits per heavy atom. The molecule has 6 heteroatoms. The molecule has 2 N–H and O–H groups in total.